The fraction of sp³-hybridized carbons (Fsp3) is 0.520. The lowest BCUT2D eigenvalue weighted by Gasteiger charge is -2.30. The van der Waals surface area contributed by atoms with Crippen LogP contribution in [0.2, 0.25) is 0 Å². The Morgan fingerprint density at radius 2 is 1.42 bits per heavy atom. The highest BCUT2D eigenvalue weighted by Crippen LogP contribution is 2.41. The third-order valence-corrected chi connectivity index (χ3v) is 11.7. The first kappa shape index (κ1) is 47.4. The van der Waals surface area contributed by atoms with E-state index in [2.05, 4.69) is 39.1 Å². The molecule has 3 aromatic carbocycles. The Morgan fingerprint density at radius 3 is 2.05 bits per heavy atom. The molecule has 1 fully saturated rings. The molecule has 1 saturated carbocycles. The molecular formula is C50H67FO8. The number of carbonyl (C=O) groups excluding carboxylic acids is 2. The lowest BCUT2D eigenvalue weighted by atomic mass is 9.77. The lowest BCUT2D eigenvalue weighted by molar-refractivity contribution is -0.146. The summed E-state index contributed by atoms with van der Waals surface area (Å²) in [7, 11) is 0. The van der Waals surface area contributed by atoms with Crippen LogP contribution in [0.15, 0.2) is 72.8 Å². The molecule has 0 radical (unpaired) electrons. The van der Waals surface area contributed by atoms with Crippen molar-refractivity contribution >= 4 is 11.9 Å². The zero-order valence-corrected chi connectivity index (χ0v) is 35.9. The number of ether oxygens (including phenoxy) is 3. The van der Waals surface area contributed by atoms with Gasteiger partial charge in [-0.3, -0.25) is 0 Å². The Balaban J connectivity index is 1.67. The molecule has 9 heteroatoms. The highest BCUT2D eigenvalue weighted by atomic mass is 19.1. The van der Waals surface area contributed by atoms with Gasteiger partial charge in [-0.25, -0.2) is 14.0 Å². The zero-order valence-electron chi connectivity index (χ0n) is 35.9. The van der Waals surface area contributed by atoms with Crippen LogP contribution >= 0.6 is 0 Å². The maximum atomic E-state index is 16.1. The lowest BCUT2D eigenvalue weighted by Crippen LogP contribution is -2.41. The summed E-state index contributed by atoms with van der Waals surface area (Å²) in [6, 6.07) is 15.9. The Labute approximate surface area is 351 Å². The molecule has 1 aliphatic carbocycles. The summed E-state index contributed by atoms with van der Waals surface area (Å²) in [5.41, 5.74) is 6.30. The fourth-order valence-corrected chi connectivity index (χ4v) is 7.93. The Hall–Kier alpha value is -4.31. The smallest absolute Gasteiger partial charge is 0.333 e. The van der Waals surface area contributed by atoms with Gasteiger partial charge < -0.3 is 29.5 Å². The largest absolute Gasteiger partial charge is 0.492 e. The minimum Gasteiger partial charge on any atom is -0.492 e. The number of benzene rings is 3. The summed E-state index contributed by atoms with van der Waals surface area (Å²) >= 11 is 0. The Bertz CT molecular complexity index is 1870. The summed E-state index contributed by atoms with van der Waals surface area (Å²) in [5.74, 6) is 0.382. The van der Waals surface area contributed by atoms with Crippen molar-refractivity contribution in [2.24, 2.45) is 11.3 Å². The van der Waals surface area contributed by atoms with Crippen LogP contribution in [0.1, 0.15) is 120 Å². The van der Waals surface area contributed by atoms with E-state index in [1.807, 2.05) is 30.3 Å². The number of hydrogen-bond donors (Lipinski definition) is 3. The van der Waals surface area contributed by atoms with Crippen LogP contribution in [-0.2, 0) is 38.3 Å². The van der Waals surface area contributed by atoms with Gasteiger partial charge in [0.2, 0.25) is 0 Å². The number of unbranched alkanes of at least 4 members (excludes halogenated alkanes) is 2. The van der Waals surface area contributed by atoms with E-state index in [4.69, 9.17) is 14.2 Å². The number of aliphatic hydroxyl groups is 3. The molecule has 8 nitrogen and oxygen atoms in total. The van der Waals surface area contributed by atoms with Crippen molar-refractivity contribution in [2.75, 3.05) is 39.6 Å². The van der Waals surface area contributed by atoms with Gasteiger partial charge in [-0.15, -0.1) is 0 Å². The molecule has 0 heterocycles. The second-order valence-electron chi connectivity index (χ2n) is 16.6. The third-order valence-electron chi connectivity index (χ3n) is 11.7. The maximum absolute atomic E-state index is 16.1. The second-order valence-corrected chi connectivity index (χ2v) is 16.6. The molecule has 0 saturated heterocycles. The SMILES string of the molecule is C=C(C)C(=O)OCCCc1cc(OCC(CO)(CO)COC(=O)C(=C)C)c(CCCO)cc1-c1ccc(-c2ccc(C3CCC(CCCCC)CC3)cc2F)c(CC)c1. The van der Waals surface area contributed by atoms with Gasteiger partial charge >= 0.3 is 11.9 Å². The van der Waals surface area contributed by atoms with Gasteiger partial charge in [-0.05, 0) is 141 Å². The van der Waals surface area contributed by atoms with Crippen LogP contribution in [0.3, 0.4) is 0 Å². The van der Waals surface area contributed by atoms with Crippen molar-refractivity contribution in [3.05, 3.63) is 101 Å². The quantitative estimate of drug-likeness (QED) is 0.0464. The maximum Gasteiger partial charge on any atom is 0.333 e. The van der Waals surface area contributed by atoms with Crippen molar-refractivity contribution in [3.8, 4) is 28.0 Å². The van der Waals surface area contributed by atoms with Crippen molar-refractivity contribution in [1.29, 1.82) is 0 Å². The van der Waals surface area contributed by atoms with Crippen LogP contribution < -0.4 is 4.74 Å². The first-order valence-corrected chi connectivity index (χ1v) is 21.6. The van der Waals surface area contributed by atoms with E-state index in [1.165, 1.54) is 45.4 Å². The highest BCUT2D eigenvalue weighted by molar-refractivity contribution is 5.87. The molecule has 322 valence electrons. The number of aliphatic hydroxyl groups excluding tert-OH is 3. The van der Waals surface area contributed by atoms with Gasteiger partial charge in [0.25, 0.3) is 0 Å². The average Bonchev–Trinajstić information content (AvgIpc) is 3.24. The predicted octanol–water partition coefficient (Wildman–Crippen LogP) is 10.0. The first-order valence-electron chi connectivity index (χ1n) is 21.6. The molecule has 3 N–H and O–H groups in total. The fourth-order valence-electron chi connectivity index (χ4n) is 7.93. The van der Waals surface area contributed by atoms with Gasteiger partial charge in [0.05, 0.1) is 25.2 Å². The molecule has 0 atom stereocenters. The van der Waals surface area contributed by atoms with E-state index < -0.39 is 30.6 Å². The highest BCUT2D eigenvalue weighted by Gasteiger charge is 2.33. The molecule has 0 spiro atoms. The van der Waals surface area contributed by atoms with E-state index in [-0.39, 0.29) is 37.8 Å². The summed E-state index contributed by atoms with van der Waals surface area (Å²) in [6.07, 6.45) is 12.5. The third kappa shape index (κ3) is 13.3. The van der Waals surface area contributed by atoms with Crippen molar-refractivity contribution in [3.63, 3.8) is 0 Å². The molecule has 59 heavy (non-hydrogen) atoms. The van der Waals surface area contributed by atoms with Crippen LogP contribution in [0.5, 0.6) is 5.75 Å². The second kappa shape index (κ2) is 23.5. The molecule has 0 bridgehead atoms. The molecular weight excluding hydrogens is 748 g/mol. The molecule has 0 aromatic heterocycles. The van der Waals surface area contributed by atoms with Gasteiger partial charge in [0.15, 0.2) is 0 Å². The van der Waals surface area contributed by atoms with E-state index >= 15 is 4.39 Å². The van der Waals surface area contributed by atoms with Gasteiger partial charge in [0.1, 0.15) is 24.8 Å². The molecule has 3 aromatic rings. The zero-order chi connectivity index (χ0) is 43.0. The summed E-state index contributed by atoms with van der Waals surface area (Å²) in [6.45, 7) is 13.4. The minimum atomic E-state index is -1.29. The van der Waals surface area contributed by atoms with Crippen molar-refractivity contribution < 1.29 is 43.5 Å². The van der Waals surface area contributed by atoms with Crippen LogP contribution in [-0.4, -0.2) is 66.9 Å². The Kier molecular flexibility index (Phi) is 18.8. The van der Waals surface area contributed by atoms with E-state index in [9.17, 15) is 24.9 Å². The van der Waals surface area contributed by atoms with E-state index in [1.54, 1.807) is 13.0 Å². The van der Waals surface area contributed by atoms with E-state index in [0.29, 0.717) is 54.9 Å². The molecule has 0 unspecified atom stereocenters. The molecule has 4 rings (SSSR count). The normalized spacial score (nSPS) is 15.5. The number of aryl methyl sites for hydroxylation is 3. The van der Waals surface area contributed by atoms with Crippen LogP contribution in [0.25, 0.3) is 22.3 Å². The average molecular weight is 815 g/mol. The summed E-state index contributed by atoms with van der Waals surface area (Å²) in [5, 5.41) is 30.4. The molecule has 1 aliphatic rings. The summed E-state index contributed by atoms with van der Waals surface area (Å²) < 4.78 is 33.1. The van der Waals surface area contributed by atoms with Gasteiger partial charge in [0, 0.05) is 23.3 Å². The molecule has 0 amide bonds. The topological polar surface area (TPSA) is 123 Å². The number of carbonyl (C=O) groups is 2. The minimum absolute atomic E-state index is 0.0436. The van der Waals surface area contributed by atoms with Crippen molar-refractivity contribution in [2.45, 2.75) is 117 Å². The first-order chi connectivity index (χ1) is 28.4. The van der Waals surface area contributed by atoms with E-state index in [0.717, 1.165) is 57.7 Å². The number of halogens is 1. The number of hydrogen-bond acceptors (Lipinski definition) is 8. The summed E-state index contributed by atoms with van der Waals surface area (Å²) in [4.78, 5) is 24.3. The number of esters is 2. The Morgan fingerprint density at radius 1 is 0.746 bits per heavy atom. The predicted molar refractivity (Wildman–Crippen MR) is 233 cm³/mol. The van der Waals surface area contributed by atoms with Crippen LogP contribution in [0.4, 0.5) is 4.39 Å². The number of rotatable bonds is 24. The van der Waals surface area contributed by atoms with Crippen molar-refractivity contribution in [1.82, 2.24) is 0 Å². The van der Waals surface area contributed by atoms with Crippen LogP contribution in [0, 0.1) is 17.2 Å². The van der Waals surface area contributed by atoms with Gasteiger partial charge in [-0.1, -0.05) is 83.0 Å². The standard InChI is InChI=1S/C50H67FO8/c1-7-9-10-13-36-16-18-38(19-17-36)39-20-23-44(46(51)28-39)43-22-21-41(26-37(43)8-2)45-27-42(14-11-24-52)47(29-40(45)15-12-25-57-48(55)34(3)4)58-32-50(30-53,31-54)33-59-49(56)35(5)6/h20-23,26-29,36,38,52-54H,3,5,7-19,24-25,30-33H2,1-2,4,6H3. The van der Waals surface area contributed by atoms with Gasteiger partial charge in [-0.2, -0.15) is 0 Å². The monoisotopic (exact) mass is 814 g/mol. The molecule has 0 aliphatic heterocycles.